The molecule has 0 unspecified atom stereocenters. The van der Waals surface area contributed by atoms with E-state index in [-0.39, 0.29) is 0 Å². The molecule has 4 N–H and O–H groups in total. The molecule has 2 aromatic carbocycles. The molecule has 4 nitrogen and oxygen atoms in total. The molecule has 0 aliphatic heterocycles. The van der Waals surface area contributed by atoms with E-state index in [0.29, 0.717) is 10.2 Å². The van der Waals surface area contributed by atoms with Crippen molar-refractivity contribution < 1.29 is 0 Å². The number of nitrogens with one attached hydrogen (secondary N) is 4. The molecule has 0 atom stereocenters. The molecule has 2 rings (SSSR count). The van der Waals surface area contributed by atoms with E-state index in [4.69, 9.17) is 24.4 Å². The van der Waals surface area contributed by atoms with Crippen LogP contribution in [0.2, 0.25) is 0 Å². The highest BCUT2D eigenvalue weighted by Gasteiger charge is 1.99. The lowest BCUT2D eigenvalue weighted by Gasteiger charge is -2.14. The third kappa shape index (κ3) is 6.63. The molecule has 0 spiro atoms. The van der Waals surface area contributed by atoms with Crippen molar-refractivity contribution in [2.24, 2.45) is 0 Å². The van der Waals surface area contributed by atoms with E-state index in [1.807, 2.05) is 49.4 Å². The molecule has 120 valence electrons. The van der Waals surface area contributed by atoms with E-state index < -0.39 is 0 Å². The van der Waals surface area contributed by atoms with Crippen molar-refractivity contribution in [1.82, 2.24) is 16.2 Å². The van der Waals surface area contributed by atoms with Gasteiger partial charge in [0.25, 0.3) is 0 Å². The molecule has 2 aromatic rings. The van der Waals surface area contributed by atoms with Crippen molar-refractivity contribution in [2.75, 3.05) is 11.9 Å². The second kappa shape index (κ2) is 9.07. The van der Waals surface area contributed by atoms with Gasteiger partial charge in [-0.3, -0.25) is 10.9 Å². The maximum absolute atomic E-state index is 5.20. The molecule has 0 fully saturated rings. The lowest BCUT2D eigenvalue weighted by atomic mass is 10.1. The van der Waals surface area contributed by atoms with Gasteiger partial charge in [0.1, 0.15) is 0 Å². The zero-order valence-corrected chi connectivity index (χ0v) is 14.6. The number of benzene rings is 2. The monoisotopic (exact) mass is 344 g/mol. The molecule has 0 aromatic heterocycles. The van der Waals surface area contributed by atoms with Gasteiger partial charge in [0.05, 0.1) is 0 Å². The summed E-state index contributed by atoms with van der Waals surface area (Å²) in [5, 5.41) is 7.17. The Labute approximate surface area is 147 Å². The third-order valence-corrected chi connectivity index (χ3v) is 3.59. The third-order valence-electron chi connectivity index (χ3n) is 3.14. The summed E-state index contributed by atoms with van der Waals surface area (Å²) in [6, 6.07) is 18.2. The van der Waals surface area contributed by atoms with Gasteiger partial charge in [0.15, 0.2) is 10.2 Å². The molecule has 0 saturated carbocycles. The summed E-state index contributed by atoms with van der Waals surface area (Å²) in [6.07, 6.45) is 0.911. The number of aryl methyl sites for hydroxylation is 1. The Morgan fingerprint density at radius 1 is 0.870 bits per heavy atom. The van der Waals surface area contributed by atoms with E-state index in [1.165, 1.54) is 11.1 Å². The van der Waals surface area contributed by atoms with Gasteiger partial charge in [-0.1, -0.05) is 48.0 Å². The van der Waals surface area contributed by atoms with Gasteiger partial charge in [-0.2, -0.15) is 0 Å². The van der Waals surface area contributed by atoms with Gasteiger partial charge in [0.2, 0.25) is 0 Å². The minimum atomic E-state index is 0.459. The van der Waals surface area contributed by atoms with E-state index >= 15 is 0 Å². The second-order valence-electron chi connectivity index (χ2n) is 5.06. The molecule has 0 radical (unpaired) electrons. The zero-order valence-electron chi connectivity index (χ0n) is 12.9. The van der Waals surface area contributed by atoms with Crippen LogP contribution in [0.25, 0.3) is 0 Å². The number of anilines is 1. The Balaban J connectivity index is 1.63. The van der Waals surface area contributed by atoms with Crippen molar-refractivity contribution in [3.8, 4) is 0 Å². The fourth-order valence-electron chi connectivity index (χ4n) is 1.92. The molecule has 6 heteroatoms. The van der Waals surface area contributed by atoms with Gasteiger partial charge in [0, 0.05) is 12.2 Å². The molecule has 0 aliphatic rings. The summed E-state index contributed by atoms with van der Waals surface area (Å²) in [7, 11) is 0. The average Bonchev–Trinajstić information content (AvgIpc) is 2.56. The topological polar surface area (TPSA) is 48.1 Å². The number of hydrazine groups is 1. The van der Waals surface area contributed by atoms with Gasteiger partial charge in [-0.15, -0.1) is 0 Å². The average molecular weight is 345 g/mol. The first kappa shape index (κ1) is 17.2. The maximum atomic E-state index is 5.20. The van der Waals surface area contributed by atoms with Crippen LogP contribution in [0.15, 0.2) is 54.6 Å². The van der Waals surface area contributed by atoms with Crippen molar-refractivity contribution in [3.63, 3.8) is 0 Å². The minimum absolute atomic E-state index is 0.459. The van der Waals surface area contributed by atoms with Crippen LogP contribution in [0.3, 0.4) is 0 Å². The van der Waals surface area contributed by atoms with Gasteiger partial charge >= 0.3 is 0 Å². The zero-order chi connectivity index (χ0) is 16.5. The minimum Gasteiger partial charge on any atom is -0.361 e. The Kier molecular flexibility index (Phi) is 6.77. The summed E-state index contributed by atoms with van der Waals surface area (Å²) in [4.78, 5) is 0. The molecule has 0 saturated heterocycles. The Morgan fingerprint density at radius 2 is 1.52 bits per heavy atom. The standard InChI is InChI=1S/C17H20N4S2/c1-13-7-9-15(10-8-13)19-17(23)21-20-16(22)18-12-11-14-5-3-2-4-6-14/h2-10H,11-12H2,1H3,(H2,18,20,22)(H2,19,21,23). The lowest BCUT2D eigenvalue weighted by molar-refractivity contribution is 0.796. The number of rotatable bonds is 4. The first-order chi connectivity index (χ1) is 11.1. The van der Waals surface area contributed by atoms with Crippen molar-refractivity contribution in [2.45, 2.75) is 13.3 Å². The van der Waals surface area contributed by atoms with Crippen LogP contribution in [0.1, 0.15) is 11.1 Å². The predicted molar refractivity (Wildman–Crippen MR) is 104 cm³/mol. The van der Waals surface area contributed by atoms with Gasteiger partial charge in [-0.05, 0) is 55.5 Å². The quantitative estimate of drug-likeness (QED) is 0.505. The van der Waals surface area contributed by atoms with Crippen LogP contribution in [0, 0.1) is 6.92 Å². The molecule has 0 heterocycles. The summed E-state index contributed by atoms with van der Waals surface area (Å²) < 4.78 is 0. The summed E-state index contributed by atoms with van der Waals surface area (Å²) >= 11 is 10.4. The van der Waals surface area contributed by atoms with Crippen LogP contribution < -0.4 is 21.5 Å². The molecule has 0 bridgehead atoms. The molecule has 23 heavy (non-hydrogen) atoms. The second-order valence-corrected chi connectivity index (χ2v) is 5.88. The number of hydrogen-bond acceptors (Lipinski definition) is 2. The number of hydrogen-bond donors (Lipinski definition) is 4. The summed E-state index contributed by atoms with van der Waals surface area (Å²) in [6.45, 7) is 2.80. The summed E-state index contributed by atoms with van der Waals surface area (Å²) in [5.74, 6) is 0. The SMILES string of the molecule is Cc1ccc(NC(=S)NNC(=S)NCCc2ccccc2)cc1. The Bertz CT molecular complexity index is 641. The van der Waals surface area contributed by atoms with Crippen LogP contribution >= 0.6 is 24.4 Å². The molecule has 0 aliphatic carbocycles. The first-order valence-electron chi connectivity index (χ1n) is 7.35. The van der Waals surface area contributed by atoms with Crippen LogP contribution in [-0.2, 0) is 6.42 Å². The lowest BCUT2D eigenvalue weighted by Crippen LogP contribution is -2.48. The fourth-order valence-corrected chi connectivity index (χ4v) is 2.24. The highest BCUT2D eigenvalue weighted by Crippen LogP contribution is 2.07. The normalized spacial score (nSPS) is 9.78. The fraction of sp³-hybridized carbons (Fsp3) is 0.176. The van der Waals surface area contributed by atoms with E-state index in [2.05, 4.69) is 33.6 Å². The van der Waals surface area contributed by atoms with Crippen LogP contribution in [-0.4, -0.2) is 16.8 Å². The highest BCUT2D eigenvalue weighted by atomic mass is 32.1. The van der Waals surface area contributed by atoms with E-state index in [1.54, 1.807) is 0 Å². The van der Waals surface area contributed by atoms with Gasteiger partial charge in [-0.25, -0.2) is 0 Å². The van der Waals surface area contributed by atoms with E-state index in [0.717, 1.165) is 18.7 Å². The molecule has 0 amide bonds. The molecular formula is C17H20N4S2. The maximum Gasteiger partial charge on any atom is 0.189 e. The Hall–Kier alpha value is -2.18. The largest absolute Gasteiger partial charge is 0.361 e. The smallest absolute Gasteiger partial charge is 0.189 e. The number of thiocarbonyl (C=S) groups is 2. The predicted octanol–water partition coefficient (Wildman–Crippen LogP) is 2.90. The van der Waals surface area contributed by atoms with Crippen molar-refractivity contribution in [3.05, 3.63) is 65.7 Å². The van der Waals surface area contributed by atoms with Crippen LogP contribution in [0.4, 0.5) is 5.69 Å². The summed E-state index contributed by atoms with van der Waals surface area (Å²) in [5.41, 5.74) is 9.13. The molecular weight excluding hydrogens is 324 g/mol. The van der Waals surface area contributed by atoms with Gasteiger partial charge < -0.3 is 10.6 Å². The van der Waals surface area contributed by atoms with Crippen molar-refractivity contribution >= 4 is 40.3 Å². The first-order valence-corrected chi connectivity index (χ1v) is 8.16. The van der Waals surface area contributed by atoms with E-state index in [9.17, 15) is 0 Å². The van der Waals surface area contributed by atoms with Crippen LogP contribution in [0.5, 0.6) is 0 Å². The van der Waals surface area contributed by atoms with Crippen molar-refractivity contribution in [1.29, 1.82) is 0 Å². The highest BCUT2D eigenvalue weighted by molar-refractivity contribution is 7.80. The Morgan fingerprint density at radius 3 is 2.22 bits per heavy atom.